The van der Waals surface area contributed by atoms with Crippen LogP contribution in [-0.2, 0) is 11.3 Å². The molecular weight excluding hydrogens is 340 g/mol. The Morgan fingerprint density at radius 2 is 1.77 bits per heavy atom. The maximum atomic E-state index is 12.3. The van der Waals surface area contributed by atoms with Gasteiger partial charge in [-0.1, -0.05) is 49.4 Å². The van der Waals surface area contributed by atoms with E-state index in [9.17, 15) is 4.79 Å². The molecule has 1 N–H and O–H groups in total. The van der Waals surface area contributed by atoms with Gasteiger partial charge in [0.15, 0.2) is 0 Å². The van der Waals surface area contributed by atoms with Gasteiger partial charge in [-0.25, -0.2) is 0 Å². The second kappa shape index (κ2) is 8.71. The smallest absolute Gasteiger partial charge is 0.238 e. The number of amides is 1. The average molecular weight is 361 g/mol. The molecule has 0 aliphatic heterocycles. The Bertz CT molecular complexity index is 601. The van der Waals surface area contributed by atoms with E-state index in [2.05, 4.69) is 45.2 Å². The van der Waals surface area contributed by atoms with Crippen LogP contribution in [0.2, 0.25) is 0 Å². The van der Waals surface area contributed by atoms with E-state index in [0.717, 1.165) is 29.7 Å². The lowest BCUT2D eigenvalue weighted by Crippen LogP contribution is -2.33. The minimum absolute atomic E-state index is 0.0104. The molecule has 2 aromatic carbocycles. The van der Waals surface area contributed by atoms with Gasteiger partial charge in [0.1, 0.15) is 0 Å². The monoisotopic (exact) mass is 360 g/mol. The molecule has 0 unspecified atom stereocenters. The van der Waals surface area contributed by atoms with Crippen molar-refractivity contribution in [3.8, 4) is 0 Å². The lowest BCUT2D eigenvalue weighted by atomic mass is 10.2. The molecule has 2 aromatic rings. The Kier molecular flexibility index (Phi) is 6.62. The fraction of sp³-hybridized carbons (Fsp3) is 0.278. The van der Waals surface area contributed by atoms with Gasteiger partial charge in [-0.05, 0) is 46.6 Å². The molecule has 1 amide bonds. The molecule has 116 valence electrons. The van der Waals surface area contributed by atoms with Gasteiger partial charge in [0.05, 0.1) is 12.2 Å². The molecule has 0 atom stereocenters. The topological polar surface area (TPSA) is 32.3 Å². The first-order valence-electron chi connectivity index (χ1n) is 7.49. The van der Waals surface area contributed by atoms with Gasteiger partial charge in [-0.15, -0.1) is 0 Å². The molecule has 0 fully saturated rings. The number of nitrogens with zero attached hydrogens (tertiary/aromatic N) is 1. The number of carbonyl (C=O) groups is 1. The van der Waals surface area contributed by atoms with Crippen molar-refractivity contribution in [1.29, 1.82) is 0 Å². The van der Waals surface area contributed by atoms with Gasteiger partial charge >= 0.3 is 0 Å². The quantitative estimate of drug-likeness (QED) is 0.798. The lowest BCUT2D eigenvalue weighted by Gasteiger charge is -2.21. The predicted molar refractivity (Wildman–Crippen MR) is 94.8 cm³/mol. The van der Waals surface area contributed by atoms with Gasteiger partial charge < -0.3 is 5.32 Å². The lowest BCUT2D eigenvalue weighted by molar-refractivity contribution is -0.117. The molecule has 0 saturated carbocycles. The third-order valence-electron chi connectivity index (χ3n) is 3.30. The molecule has 0 aliphatic carbocycles. The first-order valence-corrected chi connectivity index (χ1v) is 8.29. The molecule has 4 heteroatoms. The van der Waals surface area contributed by atoms with E-state index < -0.39 is 0 Å². The minimum Gasteiger partial charge on any atom is -0.324 e. The maximum absolute atomic E-state index is 12.3. The summed E-state index contributed by atoms with van der Waals surface area (Å²) >= 11 is 3.45. The Hall–Kier alpha value is -1.65. The summed E-state index contributed by atoms with van der Waals surface area (Å²) in [4.78, 5) is 14.4. The second-order valence-corrected chi connectivity index (χ2v) is 6.08. The molecule has 0 bridgehead atoms. The van der Waals surface area contributed by atoms with Gasteiger partial charge in [0.2, 0.25) is 5.91 Å². The van der Waals surface area contributed by atoms with Crippen LogP contribution in [-0.4, -0.2) is 23.9 Å². The summed E-state index contributed by atoms with van der Waals surface area (Å²) in [7, 11) is 0. The normalized spacial score (nSPS) is 10.7. The van der Waals surface area contributed by atoms with Crippen molar-refractivity contribution in [2.45, 2.75) is 19.9 Å². The molecular formula is C18H21BrN2O. The molecule has 0 aliphatic rings. The number of nitrogens with one attached hydrogen (secondary N) is 1. The molecule has 0 spiro atoms. The van der Waals surface area contributed by atoms with Gasteiger partial charge in [-0.3, -0.25) is 9.69 Å². The molecule has 22 heavy (non-hydrogen) atoms. The first kappa shape index (κ1) is 16.7. The zero-order chi connectivity index (χ0) is 15.8. The number of benzene rings is 2. The van der Waals surface area contributed by atoms with E-state index in [4.69, 9.17) is 0 Å². The Balaban J connectivity index is 1.95. The van der Waals surface area contributed by atoms with Crippen LogP contribution in [0.15, 0.2) is 59.1 Å². The van der Waals surface area contributed by atoms with Crippen molar-refractivity contribution in [3.63, 3.8) is 0 Å². The summed E-state index contributed by atoms with van der Waals surface area (Å²) in [6.07, 6.45) is 1.02. The van der Waals surface area contributed by atoms with Crippen molar-refractivity contribution >= 4 is 27.5 Å². The number of hydrogen-bond donors (Lipinski definition) is 1. The van der Waals surface area contributed by atoms with Gasteiger partial charge in [0.25, 0.3) is 0 Å². The Morgan fingerprint density at radius 1 is 1.09 bits per heavy atom. The van der Waals surface area contributed by atoms with Crippen LogP contribution in [0.1, 0.15) is 18.9 Å². The molecule has 0 heterocycles. The highest BCUT2D eigenvalue weighted by Crippen LogP contribution is 2.21. The number of rotatable bonds is 7. The van der Waals surface area contributed by atoms with E-state index >= 15 is 0 Å². The van der Waals surface area contributed by atoms with Crippen molar-refractivity contribution in [1.82, 2.24) is 4.90 Å². The molecule has 3 nitrogen and oxygen atoms in total. The average Bonchev–Trinajstić information content (AvgIpc) is 2.51. The highest BCUT2D eigenvalue weighted by atomic mass is 79.9. The third kappa shape index (κ3) is 5.28. The van der Waals surface area contributed by atoms with Crippen LogP contribution >= 0.6 is 15.9 Å². The molecule has 0 saturated heterocycles. The third-order valence-corrected chi connectivity index (χ3v) is 4.00. The summed E-state index contributed by atoms with van der Waals surface area (Å²) in [6.45, 7) is 4.21. The number of para-hydroxylation sites is 1. The SMILES string of the molecule is CCCN(CC(=O)Nc1ccccc1Br)Cc1ccccc1. The highest BCUT2D eigenvalue weighted by molar-refractivity contribution is 9.10. The largest absolute Gasteiger partial charge is 0.324 e. The number of hydrogen-bond acceptors (Lipinski definition) is 2. The van der Waals surface area contributed by atoms with E-state index in [0.29, 0.717) is 6.54 Å². The van der Waals surface area contributed by atoms with Gasteiger partial charge in [-0.2, -0.15) is 0 Å². The second-order valence-electron chi connectivity index (χ2n) is 5.22. The van der Waals surface area contributed by atoms with Crippen molar-refractivity contribution in [2.24, 2.45) is 0 Å². The van der Waals surface area contributed by atoms with Crippen LogP contribution in [0.3, 0.4) is 0 Å². The summed E-state index contributed by atoms with van der Waals surface area (Å²) in [5, 5.41) is 2.96. The summed E-state index contributed by atoms with van der Waals surface area (Å²) in [5.41, 5.74) is 2.04. The number of carbonyl (C=O) groups excluding carboxylic acids is 1. The molecule has 2 rings (SSSR count). The first-order chi connectivity index (χ1) is 10.7. The van der Waals surface area contributed by atoms with E-state index in [1.807, 2.05) is 42.5 Å². The predicted octanol–water partition coefficient (Wildman–Crippen LogP) is 4.30. The fourth-order valence-electron chi connectivity index (χ4n) is 2.33. The van der Waals surface area contributed by atoms with Crippen molar-refractivity contribution in [3.05, 3.63) is 64.6 Å². The van der Waals surface area contributed by atoms with E-state index in [-0.39, 0.29) is 5.91 Å². The zero-order valence-corrected chi connectivity index (χ0v) is 14.3. The van der Waals surface area contributed by atoms with Crippen LogP contribution in [0.25, 0.3) is 0 Å². The summed E-state index contributed by atoms with van der Waals surface area (Å²) in [6, 6.07) is 17.9. The Labute approximate surface area is 140 Å². The highest BCUT2D eigenvalue weighted by Gasteiger charge is 2.11. The maximum Gasteiger partial charge on any atom is 0.238 e. The van der Waals surface area contributed by atoms with E-state index in [1.54, 1.807) is 0 Å². The summed E-state index contributed by atoms with van der Waals surface area (Å²) < 4.78 is 0.897. The van der Waals surface area contributed by atoms with Crippen molar-refractivity contribution in [2.75, 3.05) is 18.4 Å². The number of anilines is 1. The molecule has 0 aromatic heterocycles. The summed E-state index contributed by atoms with van der Waals surface area (Å²) in [5.74, 6) is 0.0104. The van der Waals surface area contributed by atoms with Crippen LogP contribution < -0.4 is 5.32 Å². The molecule has 0 radical (unpaired) electrons. The zero-order valence-electron chi connectivity index (χ0n) is 12.8. The van der Waals surface area contributed by atoms with E-state index in [1.165, 1.54) is 5.56 Å². The van der Waals surface area contributed by atoms with Gasteiger partial charge in [0, 0.05) is 11.0 Å². The minimum atomic E-state index is 0.0104. The van der Waals surface area contributed by atoms with Crippen LogP contribution in [0.5, 0.6) is 0 Å². The van der Waals surface area contributed by atoms with Crippen LogP contribution in [0, 0.1) is 0 Å². The Morgan fingerprint density at radius 3 is 2.45 bits per heavy atom. The van der Waals surface area contributed by atoms with Crippen molar-refractivity contribution < 1.29 is 4.79 Å². The number of halogens is 1. The fourth-order valence-corrected chi connectivity index (χ4v) is 2.71. The van der Waals surface area contributed by atoms with Crippen LogP contribution in [0.4, 0.5) is 5.69 Å². The standard InChI is InChI=1S/C18H21BrN2O/c1-2-12-21(13-15-8-4-3-5-9-15)14-18(22)20-17-11-7-6-10-16(17)19/h3-11H,2,12-14H2,1H3,(H,20,22).